The van der Waals surface area contributed by atoms with Crippen LogP contribution in [-0.4, -0.2) is 11.6 Å². The van der Waals surface area contributed by atoms with E-state index in [1.165, 1.54) is 11.3 Å². The third kappa shape index (κ3) is 1.75. The van der Waals surface area contributed by atoms with Crippen LogP contribution >= 0.6 is 45.3 Å². The number of thiophene rings is 4. The number of rotatable bonds is 0. The molecule has 0 fully saturated rings. The Kier molecular flexibility index (Phi) is 3.00. The largest absolute Gasteiger partial charge is 0.289 e. The predicted molar refractivity (Wildman–Crippen MR) is 109 cm³/mol. The zero-order chi connectivity index (χ0) is 17.4. The lowest BCUT2D eigenvalue weighted by molar-refractivity contribution is 0.103. The van der Waals surface area contributed by atoms with E-state index in [0.29, 0.717) is 0 Å². The first-order chi connectivity index (χ1) is 12.8. The molecule has 26 heavy (non-hydrogen) atoms. The molecular formula is C20H8O2S4. The van der Waals surface area contributed by atoms with Crippen molar-refractivity contribution in [3.63, 3.8) is 0 Å². The fraction of sp³-hybridized carbons (Fsp3) is 0. The van der Waals surface area contributed by atoms with Gasteiger partial charge in [0.05, 0.1) is 4.88 Å². The van der Waals surface area contributed by atoms with Crippen LogP contribution in [0.2, 0.25) is 0 Å². The summed E-state index contributed by atoms with van der Waals surface area (Å²) in [4.78, 5) is 28.5. The molecule has 0 spiro atoms. The van der Waals surface area contributed by atoms with Gasteiger partial charge in [0.1, 0.15) is 0 Å². The topological polar surface area (TPSA) is 34.1 Å². The summed E-state index contributed by atoms with van der Waals surface area (Å²) in [7, 11) is 0. The lowest BCUT2D eigenvalue weighted by Crippen LogP contribution is -2.15. The minimum absolute atomic E-state index is 0.102. The smallest absolute Gasteiger partial charge is 0.205 e. The van der Waals surface area contributed by atoms with E-state index in [4.69, 9.17) is 0 Å². The first-order valence-corrected chi connectivity index (χ1v) is 11.5. The van der Waals surface area contributed by atoms with Crippen LogP contribution in [0.5, 0.6) is 0 Å². The molecule has 0 atom stereocenters. The summed E-state index contributed by atoms with van der Waals surface area (Å²) in [5.41, 5.74) is 6.51. The van der Waals surface area contributed by atoms with Crippen LogP contribution in [0.3, 0.4) is 0 Å². The molecule has 6 rings (SSSR count). The average molecular weight is 409 g/mol. The van der Waals surface area contributed by atoms with Crippen molar-refractivity contribution in [2.24, 2.45) is 0 Å². The van der Waals surface area contributed by atoms with E-state index >= 15 is 0 Å². The third-order valence-corrected chi connectivity index (χ3v) is 8.36. The van der Waals surface area contributed by atoms with E-state index in [-0.39, 0.29) is 11.6 Å². The van der Waals surface area contributed by atoms with E-state index in [1.807, 2.05) is 39.7 Å². The van der Waals surface area contributed by atoms with Gasteiger partial charge in [-0.15, -0.1) is 34.0 Å². The van der Waals surface area contributed by atoms with Crippen LogP contribution in [0, 0.1) is 0 Å². The van der Waals surface area contributed by atoms with E-state index < -0.39 is 0 Å². The Hall–Kier alpha value is -2.12. The van der Waals surface area contributed by atoms with E-state index in [0.717, 1.165) is 53.6 Å². The second kappa shape index (κ2) is 5.20. The molecule has 4 aromatic heterocycles. The van der Waals surface area contributed by atoms with Crippen molar-refractivity contribution >= 4 is 68.1 Å². The molecule has 2 aliphatic carbocycles. The monoisotopic (exact) mass is 408 g/mol. The minimum Gasteiger partial charge on any atom is -0.289 e. The number of hydrogen-bond donors (Lipinski definition) is 0. The highest BCUT2D eigenvalue weighted by Crippen LogP contribution is 2.50. The van der Waals surface area contributed by atoms with Crippen LogP contribution in [0.4, 0.5) is 0 Å². The fourth-order valence-corrected chi connectivity index (χ4v) is 7.36. The molecule has 4 heterocycles. The van der Waals surface area contributed by atoms with Gasteiger partial charge in [-0.2, -0.15) is 11.3 Å². The van der Waals surface area contributed by atoms with Crippen molar-refractivity contribution in [1.29, 1.82) is 0 Å². The molecule has 0 saturated carbocycles. The zero-order valence-corrected chi connectivity index (χ0v) is 16.3. The highest BCUT2D eigenvalue weighted by atomic mass is 32.1. The first-order valence-electron chi connectivity index (χ1n) is 7.89. The second-order valence-corrected chi connectivity index (χ2v) is 9.59. The molecule has 6 heteroatoms. The Bertz CT molecular complexity index is 1080. The fourth-order valence-electron chi connectivity index (χ4n) is 3.72. The summed E-state index contributed by atoms with van der Waals surface area (Å²) in [6.45, 7) is 0. The third-order valence-electron chi connectivity index (χ3n) is 4.84. The quantitative estimate of drug-likeness (QED) is 0.308. The van der Waals surface area contributed by atoms with Gasteiger partial charge in [-0.05, 0) is 39.7 Å². The molecule has 0 unspecified atom stereocenters. The molecule has 0 N–H and O–H groups in total. The van der Waals surface area contributed by atoms with Crippen LogP contribution in [-0.2, 0) is 0 Å². The van der Waals surface area contributed by atoms with E-state index in [9.17, 15) is 9.59 Å². The van der Waals surface area contributed by atoms with Gasteiger partial charge in [0.25, 0.3) is 0 Å². The molecule has 0 amide bonds. The molecule has 4 aromatic rings. The van der Waals surface area contributed by atoms with Crippen molar-refractivity contribution in [2.45, 2.75) is 0 Å². The van der Waals surface area contributed by atoms with Crippen molar-refractivity contribution in [3.8, 4) is 0 Å². The Morgan fingerprint density at radius 1 is 0.538 bits per heavy atom. The number of carbonyl (C=O) groups is 2. The van der Waals surface area contributed by atoms with E-state index in [2.05, 4.69) is 5.38 Å². The van der Waals surface area contributed by atoms with Crippen LogP contribution in [0.15, 0.2) is 45.1 Å². The maximum atomic E-state index is 12.8. The number of hydrogen-bond acceptors (Lipinski definition) is 6. The summed E-state index contributed by atoms with van der Waals surface area (Å²) >= 11 is 6.26. The van der Waals surface area contributed by atoms with Gasteiger partial charge >= 0.3 is 0 Å². The molecule has 0 aliphatic heterocycles. The van der Waals surface area contributed by atoms with Crippen molar-refractivity contribution in [1.82, 2.24) is 0 Å². The Labute approximate surface area is 164 Å². The summed E-state index contributed by atoms with van der Waals surface area (Å²) in [6, 6.07) is 5.87. The van der Waals surface area contributed by atoms with Crippen LogP contribution in [0.1, 0.15) is 52.0 Å². The van der Waals surface area contributed by atoms with E-state index in [1.54, 1.807) is 34.0 Å². The lowest BCUT2D eigenvalue weighted by atomic mass is 9.81. The molecule has 2 aliphatic rings. The molecule has 0 aromatic carbocycles. The van der Waals surface area contributed by atoms with Crippen LogP contribution in [0.25, 0.3) is 11.1 Å². The summed E-state index contributed by atoms with van der Waals surface area (Å²) in [5, 5.41) is 9.96. The predicted octanol–water partition coefficient (Wildman–Crippen LogP) is 6.03. The molecule has 0 saturated heterocycles. The van der Waals surface area contributed by atoms with Crippen molar-refractivity contribution in [2.75, 3.05) is 0 Å². The highest BCUT2D eigenvalue weighted by molar-refractivity contribution is 7.15. The van der Waals surface area contributed by atoms with Gasteiger partial charge in [0.2, 0.25) is 5.78 Å². The van der Waals surface area contributed by atoms with Crippen LogP contribution < -0.4 is 0 Å². The number of fused-ring (bicyclic) bond motifs is 4. The Morgan fingerprint density at radius 2 is 1.12 bits per heavy atom. The normalized spacial score (nSPS) is 14.9. The molecular weight excluding hydrogens is 400 g/mol. The Balaban J connectivity index is 1.81. The van der Waals surface area contributed by atoms with Gasteiger partial charge in [-0.25, -0.2) is 0 Å². The molecule has 124 valence electrons. The lowest BCUT2D eigenvalue weighted by Gasteiger charge is -2.23. The van der Waals surface area contributed by atoms with Gasteiger partial charge in [0.15, 0.2) is 5.78 Å². The molecule has 2 nitrogen and oxygen atoms in total. The van der Waals surface area contributed by atoms with Gasteiger partial charge < -0.3 is 0 Å². The molecule has 0 bridgehead atoms. The summed E-state index contributed by atoms with van der Waals surface area (Å²) in [5.74, 6) is 0.213. The summed E-state index contributed by atoms with van der Waals surface area (Å²) < 4.78 is 0. The maximum absolute atomic E-state index is 12.8. The average Bonchev–Trinajstić information content (AvgIpc) is 3.43. The van der Waals surface area contributed by atoms with Gasteiger partial charge in [-0.1, -0.05) is 0 Å². The number of ketones is 2. The van der Waals surface area contributed by atoms with Gasteiger partial charge in [0, 0.05) is 54.1 Å². The maximum Gasteiger partial charge on any atom is 0.205 e. The van der Waals surface area contributed by atoms with Crippen molar-refractivity contribution < 1.29 is 9.59 Å². The standard InChI is InChI=1S/C20H8O2S4/c21-16-10-2-5-24-18(10)15(19-11(16)3-6-25-19)14-9-1-4-26-20(9)17(22)13-8-23-7-12(13)14/h1-8H. The SMILES string of the molecule is O=C1c2ccsc2C(=C2c3cscc3C(=O)c3sccc32)c2sccc21. The highest BCUT2D eigenvalue weighted by Gasteiger charge is 2.36. The summed E-state index contributed by atoms with van der Waals surface area (Å²) in [6.07, 6.45) is 0. The second-order valence-electron chi connectivity index (χ2n) is 6.10. The van der Waals surface area contributed by atoms with Crippen molar-refractivity contribution in [3.05, 3.63) is 87.5 Å². The van der Waals surface area contributed by atoms with Gasteiger partial charge in [-0.3, -0.25) is 9.59 Å². The Morgan fingerprint density at radius 3 is 1.81 bits per heavy atom. The number of carbonyl (C=O) groups excluding carboxylic acids is 2. The first kappa shape index (κ1) is 15.0. The minimum atomic E-state index is 0.102. The zero-order valence-electron chi connectivity index (χ0n) is 13.1. The molecule has 0 radical (unpaired) electrons.